The normalized spacial score (nSPS) is 17.4. The van der Waals surface area contributed by atoms with Gasteiger partial charge in [-0.2, -0.15) is 0 Å². The molecule has 0 radical (unpaired) electrons. The molecule has 4 nitrogen and oxygen atoms in total. The highest BCUT2D eigenvalue weighted by Crippen LogP contribution is 2.45. The van der Waals surface area contributed by atoms with Crippen molar-refractivity contribution in [3.05, 3.63) is 108 Å². The van der Waals surface area contributed by atoms with Crippen molar-refractivity contribution in [3.63, 3.8) is 0 Å². The lowest BCUT2D eigenvalue weighted by Crippen LogP contribution is -2.33. The highest BCUT2D eigenvalue weighted by Gasteiger charge is 2.35. The van der Waals surface area contributed by atoms with Crippen LogP contribution in [-0.4, -0.2) is 22.7 Å². The van der Waals surface area contributed by atoms with Crippen LogP contribution in [0.4, 0.5) is 5.69 Å². The predicted molar refractivity (Wildman–Crippen MR) is 137 cm³/mol. The Kier molecular flexibility index (Phi) is 3.46. The van der Waals surface area contributed by atoms with Gasteiger partial charge in [-0.05, 0) is 42.0 Å². The number of rotatable bonds is 2. The van der Waals surface area contributed by atoms with Crippen molar-refractivity contribution in [2.75, 3.05) is 11.9 Å². The summed E-state index contributed by atoms with van der Waals surface area (Å²) in [5, 5.41) is 2.50. The topological polar surface area (TPSA) is 20.6 Å². The Bertz CT molecular complexity index is 1680. The molecule has 0 N–H and O–H groups in total. The van der Waals surface area contributed by atoms with Gasteiger partial charge < -0.3 is 19.1 Å². The van der Waals surface area contributed by atoms with Crippen molar-refractivity contribution in [1.82, 2.24) is 9.47 Å². The lowest BCUT2D eigenvalue weighted by molar-refractivity contribution is 0.366. The summed E-state index contributed by atoms with van der Waals surface area (Å²) in [4.78, 5) is 4.62. The quantitative estimate of drug-likeness (QED) is 0.303. The van der Waals surface area contributed by atoms with Crippen LogP contribution < -0.4 is 9.64 Å². The standard InChI is InChI=1S/C30H23N3O/c1-31-13-14-32-25-11-6-12-28(23(25)18-30(31)32)34-29-17-22-21-8-3-5-10-26(21)33-24-9-4-2-7-19(24)15-20(29)16-27(22)33/h2-14,16-17,30H,15,18H2,1H3. The van der Waals surface area contributed by atoms with Crippen LogP contribution in [0, 0.1) is 0 Å². The smallest absolute Gasteiger partial charge is 0.132 e. The van der Waals surface area contributed by atoms with Crippen molar-refractivity contribution >= 4 is 27.5 Å². The summed E-state index contributed by atoms with van der Waals surface area (Å²) in [5.41, 5.74) is 8.84. The third-order valence-corrected chi connectivity index (χ3v) is 7.71. The molecule has 0 saturated carbocycles. The Balaban J connectivity index is 1.33. The molecule has 4 heteroatoms. The fraction of sp³-hybridized carbons (Fsp3) is 0.133. The zero-order chi connectivity index (χ0) is 22.4. The maximum atomic E-state index is 6.79. The second-order valence-electron chi connectivity index (χ2n) is 9.55. The van der Waals surface area contributed by atoms with Crippen molar-refractivity contribution in [3.8, 4) is 17.2 Å². The second-order valence-corrected chi connectivity index (χ2v) is 9.55. The van der Waals surface area contributed by atoms with Crippen LogP contribution in [0.15, 0.2) is 91.3 Å². The number of nitrogens with zero attached hydrogens (tertiary/aromatic N) is 3. The van der Waals surface area contributed by atoms with Crippen LogP contribution in [0.2, 0.25) is 0 Å². The van der Waals surface area contributed by atoms with E-state index in [0.717, 1.165) is 24.3 Å². The Morgan fingerprint density at radius 1 is 0.735 bits per heavy atom. The van der Waals surface area contributed by atoms with Gasteiger partial charge in [0.15, 0.2) is 0 Å². The van der Waals surface area contributed by atoms with E-state index in [-0.39, 0.29) is 0 Å². The van der Waals surface area contributed by atoms with E-state index in [2.05, 4.69) is 113 Å². The van der Waals surface area contributed by atoms with Gasteiger partial charge in [-0.3, -0.25) is 0 Å². The summed E-state index contributed by atoms with van der Waals surface area (Å²) in [5.74, 6) is 1.92. The highest BCUT2D eigenvalue weighted by atomic mass is 16.5. The number of aromatic nitrogens is 1. The summed E-state index contributed by atoms with van der Waals surface area (Å²) in [6.07, 6.45) is 6.47. The van der Waals surface area contributed by atoms with E-state index >= 15 is 0 Å². The average Bonchev–Trinajstić information content (AvgIpc) is 3.48. The van der Waals surface area contributed by atoms with Crippen molar-refractivity contribution < 1.29 is 4.74 Å². The number of ether oxygens (including phenoxy) is 1. The van der Waals surface area contributed by atoms with E-state index in [4.69, 9.17) is 4.74 Å². The number of likely N-dealkylation sites (N-methyl/N-ethyl adjacent to an activating group) is 1. The minimum atomic E-state index is 0.341. The summed E-state index contributed by atoms with van der Waals surface area (Å²) in [7, 11) is 2.14. The van der Waals surface area contributed by atoms with E-state index in [1.54, 1.807) is 0 Å². The maximum Gasteiger partial charge on any atom is 0.132 e. The second kappa shape index (κ2) is 6.45. The SMILES string of the molecule is CN1C=CN2c3cccc(Oc4cc5c6ccccc6n6c5cc4Cc4ccccc4-6)c3CC12. The molecule has 4 heterocycles. The number of fused-ring (bicyclic) bond motifs is 9. The zero-order valence-corrected chi connectivity index (χ0v) is 18.9. The van der Waals surface area contributed by atoms with E-state index in [9.17, 15) is 0 Å². The maximum absolute atomic E-state index is 6.79. The van der Waals surface area contributed by atoms with Crippen LogP contribution in [0.25, 0.3) is 27.5 Å². The van der Waals surface area contributed by atoms with Gasteiger partial charge in [0.05, 0.1) is 11.0 Å². The zero-order valence-electron chi connectivity index (χ0n) is 18.9. The summed E-state index contributed by atoms with van der Waals surface area (Å²) < 4.78 is 9.21. The van der Waals surface area contributed by atoms with Crippen LogP contribution in [-0.2, 0) is 12.8 Å². The number of benzene rings is 4. The van der Waals surface area contributed by atoms with Crippen LogP contribution in [0.3, 0.4) is 0 Å². The molecular formula is C30H23N3O. The minimum absolute atomic E-state index is 0.341. The summed E-state index contributed by atoms with van der Waals surface area (Å²) in [6.45, 7) is 0. The van der Waals surface area contributed by atoms with Gasteiger partial charge in [0, 0.05) is 65.6 Å². The Morgan fingerprint density at radius 3 is 2.56 bits per heavy atom. The molecule has 0 aliphatic carbocycles. The van der Waals surface area contributed by atoms with Crippen molar-refractivity contribution in [2.24, 2.45) is 0 Å². The lowest BCUT2D eigenvalue weighted by atomic mass is 10.0. The van der Waals surface area contributed by atoms with Gasteiger partial charge in [0.1, 0.15) is 17.7 Å². The number of anilines is 1. The molecule has 5 aromatic rings. The van der Waals surface area contributed by atoms with Crippen LogP contribution >= 0.6 is 0 Å². The fourth-order valence-corrected chi connectivity index (χ4v) is 6.07. The molecule has 8 rings (SSSR count). The first-order chi connectivity index (χ1) is 16.8. The van der Waals surface area contributed by atoms with E-state index in [1.807, 2.05) is 0 Å². The molecule has 1 atom stereocenters. The number of para-hydroxylation sites is 2. The number of hydrogen-bond donors (Lipinski definition) is 0. The average molecular weight is 442 g/mol. The van der Waals surface area contributed by atoms with E-state index in [0.29, 0.717) is 6.17 Å². The van der Waals surface area contributed by atoms with E-state index in [1.165, 1.54) is 49.9 Å². The minimum Gasteiger partial charge on any atom is -0.457 e. The van der Waals surface area contributed by atoms with Gasteiger partial charge >= 0.3 is 0 Å². The first-order valence-electron chi connectivity index (χ1n) is 11.9. The molecule has 0 amide bonds. The van der Waals surface area contributed by atoms with Crippen molar-refractivity contribution in [1.29, 1.82) is 0 Å². The Hall–Kier alpha value is -4.18. The van der Waals surface area contributed by atoms with Gasteiger partial charge in [-0.1, -0.05) is 42.5 Å². The molecule has 34 heavy (non-hydrogen) atoms. The molecule has 3 aliphatic heterocycles. The van der Waals surface area contributed by atoms with Gasteiger partial charge in [0.2, 0.25) is 0 Å². The Morgan fingerprint density at radius 2 is 1.59 bits per heavy atom. The monoisotopic (exact) mass is 441 g/mol. The predicted octanol–water partition coefficient (Wildman–Crippen LogP) is 6.59. The first-order valence-corrected chi connectivity index (χ1v) is 11.9. The summed E-state index contributed by atoms with van der Waals surface area (Å²) >= 11 is 0. The molecule has 0 spiro atoms. The molecule has 0 saturated heterocycles. The van der Waals surface area contributed by atoms with Crippen LogP contribution in [0.1, 0.15) is 16.7 Å². The first kappa shape index (κ1) is 18.3. The fourth-order valence-electron chi connectivity index (χ4n) is 6.07. The molecule has 4 aromatic carbocycles. The Labute approximate surface area is 197 Å². The van der Waals surface area contributed by atoms with Gasteiger partial charge in [-0.25, -0.2) is 0 Å². The number of hydrogen-bond acceptors (Lipinski definition) is 3. The highest BCUT2D eigenvalue weighted by molar-refractivity contribution is 6.10. The van der Waals surface area contributed by atoms with Gasteiger partial charge in [-0.15, -0.1) is 0 Å². The lowest BCUT2D eigenvalue weighted by Gasteiger charge is -2.22. The molecule has 2 bridgehead atoms. The van der Waals surface area contributed by atoms with Gasteiger partial charge in [0.25, 0.3) is 0 Å². The van der Waals surface area contributed by atoms with Crippen LogP contribution in [0.5, 0.6) is 11.5 Å². The third kappa shape index (κ3) is 2.32. The largest absolute Gasteiger partial charge is 0.457 e. The molecule has 1 unspecified atom stereocenters. The molecule has 1 aromatic heterocycles. The molecule has 3 aliphatic rings. The van der Waals surface area contributed by atoms with E-state index < -0.39 is 0 Å². The third-order valence-electron chi connectivity index (χ3n) is 7.71. The molecule has 0 fully saturated rings. The molecule has 164 valence electrons. The summed E-state index contributed by atoms with van der Waals surface area (Å²) in [6, 6.07) is 28.5. The molecular weight excluding hydrogens is 418 g/mol. The van der Waals surface area contributed by atoms with Crippen molar-refractivity contribution in [2.45, 2.75) is 19.0 Å².